The molecule has 7 heteroatoms. The van der Waals surface area contributed by atoms with Gasteiger partial charge in [-0.25, -0.2) is 4.52 Å². The van der Waals surface area contributed by atoms with Gasteiger partial charge in [0.05, 0.1) is 33.6 Å². The molecule has 0 saturated heterocycles. The quantitative estimate of drug-likeness (QED) is 0.505. The van der Waals surface area contributed by atoms with Crippen LogP contribution in [0.5, 0.6) is 17.2 Å². The van der Waals surface area contributed by atoms with Crippen molar-refractivity contribution in [3.05, 3.63) is 76.8 Å². The normalized spacial score (nSPS) is 10.9. The van der Waals surface area contributed by atoms with E-state index < -0.39 is 0 Å². The lowest BCUT2D eigenvalue weighted by molar-refractivity contribution is 0.355. The Bertz CT molecular complexity index is 1210. The maximum atomic E-state index is 13.0. The molecule has 2 aromatic heterocycles. The highest BCUT2D eigenvalue weighted by Gasteiger charge is 2.12. The first-order chi connectivity index (χ1) is 14.1. The van der Waals surface area contributed by atoms with Crippen LogP contribution < -0.4 is 19.8 Å². The van der Waals surface area contributed by atoms with Crippen LogP contribution in [0.15, 0.2) is 65.7 Å². The number of hydrogen-bond donors (Lipinski definition) is 0. The van der Waals surface area contributed by atoms with Gasteiger partial charge in [0.25, 0.3) is 5.56 Å². The van der Waals surface area contributed by atoms with Crippen molar-refractivity contribution in [2.24, 2.45) is 0 Å². The van der Waals surface area contributed by atoms with E-state index in [1.807, 2.05) is 42.5 Å². The number of nitrogens with zero attached hydrogens (tertiary/aromatic N) is 3. The zero-order valence-electron chi connectivity index (χ0n) is 16.5. The predicted molar refractivity (Wildman–Crippen MR) is 110 cm³/mol. The minimum atomic E-state index is -0.109. The van der Waals surface area contributed by atoms with Crippen molar-refractivity contribution in [3.8, 4) is 28.5 Å². The molecule has 0 amide bonds. The second-order valence-electron chi connectivity index (χ2n) is 6.51. The third kappa shape index (κ3) is 3.54. The molecule has 4 aromatic rings. The molecular formula is C22H21N3O4. The number of ether oxygens (including phenoxy) is 3. The van der Waals surface area contributed by atoms with Crippen molar-refractivity contribution in [2.45, 2.75) is 6.54 Å². The summed E-state index contributed by atoms with van der Waals surface area (Å²) in [6.45, 7) is 0.468. The second-order valence-corrected chi connectivity index (χ2v) is 6.51. The molecule has 0 aliphatic rings. The Hall–Kier alpha value is -3.74. The Balaban J connectivity index is 1.69. The Morgan fingerprint density at radius 3 is 2.31 bits per heavy atom. The van der Waals surface area contributed by atoms with Gasteiger partial charge < -0.3 is 18.8 Å². The van der Waals surface area contributed by atoms with Crippen LogP contribution in [0.2, 0.25) is 0 Å². The van der Waals surface area contributed by atoms with Gasteiger partial charge in [0.1, 0.15) is 11.3 Å². The van der Waals surface area contributed by atoms with Crippen LogP contribution in [-0.2, 0) is 6.54 Å². The summed E-state index contributed by atoms with van der Waals surface area (Å²) in [6.07, 6.45) is 3.52. The van der Waals surface area contributed by atoms with Crippen molar-refractivity contribution in [2.75, 3.05) is 21.3 Å². The van der Waals surface area contributed by atoms with Crippen LogP contribution in [0.4, 0.5) is 0 Å². The average molecular weight is 391 g/mol. The maximum Gasteiger partial charge on any atom is 0.276 e. The summed E-state index contributed by atoms with van der Waals surface area (Å²) >= 11 is 0. The molecule has 0 atom stereocenters. The van der Waals surface area contributed by atoms with Gasteiger partial charge >= 0.3 is 0 Å². The van der Waals surface area contributed by atoms with Gasteiger partial charge in [-0.15, -0.1) is 0 Å². The predicted octanol–water partition coefficient (Wildman–Crippen LogP) is 3.24. The third-order valence-corrected chi connectivity index (χ3v) is 4.79. The lowest BCUT2D eigenvalue weighted by Crippen LogP contribution is -2.21. The lowest BCUT2D eigenvalue weighted by atomic mass is 10.1. The maximum absolute atomic E-state index is 13.0. The van der Waals surface area contributed by atoms with E-state index in [4.69, 9.17) is 14.2 Å². The van der Waals surface area contributed by atoms with Crippen LogP contribution in [0.25, 0.3) is 16.8 Å². The van der Waals surface area contributed by atoms with E-state index in [1.165, 1.54) is 0 Å². The molecule has 0 aliphatic carbocycles. The van der Waals surface area contributed by atoms with Crippen LogP contribution in [0.1, 0.15) is 5.56 Å². The van der Waals surface area contributed by atoms with Crippen molar-refractivity contribution in [3.63, 3.8) is 0 Å². The fraction of sp³-hybridized carbons (Fsp3) is 0.182. The highest BCUT2D eigenvalue weighted by atomic mass is 16.5. The first-order valence-electron chi connectivity index (χ1n) is 9.07. The number of methoxy groups -OCH3 is 3. The summed E-state index contributed by atoms with van der Waals surface area (Å²) in [4.78, 5) is 13.0. The van der Waals surface area contributed by atoms with Crippen LogP contribution in [0, 0.1) is 0 Å². The van der Waals surface area contributed by atoms with E-state index in [2.05, 4.69) is 5.10 Å². The molecule has 0 fully saturated rings. The highest BCUT2D eigenvalue weighted by Crippen LogP contribution is 2.31. The van der Waals surface area contributed by atoms with E-state index in [9.17, 15) is 4.79 Å². The molecule has 0 aliphatic heterocycles. The fourth-order valence-corrected chi connectivity index (χ4v) is 3.22. The summed E-state index contributed by atoms with van der Waals surface area (Å²) in [5, 5.41) is 4.54. The SMILES string of the molecule is COc1ccc(Cn2ccn3nc(-c4ccc(OC)c(OC)c4)cc3c2=O)cc1. The van der Waals surface area contributed by atoms with Crippen molar-refractivity contribution in [1.29, 1.82) is 0 Å². The molecule has 4 rings (SSSR count). The summed E-state index contributed by atoms with van der Waals surface area (Å²) in [5.74, 6) is 2.03. The summed E-state index contributed by atoms with van der Waals surface area (Å²) in [5.41, 5.74) is 2.93. The van der Waals surface area contributed by atoms with E-state index in [0.717, 1.165) is 16.9 Å². The van der Waals surface area contributed by atoms with Gasteiger partial charge in [0.15, 0.2) is 11.5 Å². The second kappa shape index (κ2) is 7.71. The molecule has 0 spiro atoms. The molecular weight excluding hydrogens is 370 g/mol. The first-order valence-corrected chi connectivity index (χ1v) is 9.07. The molecule has 0 saturated carbocycles. The van der Waals surface area contributed by atoms with Gasteiger partial charge in [-0.3, -0.25) is 4.79 Å². The number of hydrogen-bond acceptors (Lipinski definition) is 5. The molecule has 2 heterocycles. The molecule has 29 heavy (non-hydrogen) atoms. The molecule has 148 valence electrons. The number of rotatable bonds is 6. The summed E-state index contributed by atoms with van der Waals surface area (Å²) < 4.78 is 19.1. The van der Waals surface area contributed by atoms with Gasteiger partial charge in [0.2, 0.25) is 0 Å². The smallest absolute Gasteiger partial charge is 0.276 e. The topological polar surface area (TPSA) is 67.0 Å². The first kappa shape index (κ1) is 18.6. The number of fused-ring (bicyclic) bond motifs is 1. The minimum Gasteiger partial charge on any atom is -0.497 e. The molecule has 0 bridgehead atoms. The molecule has 2 aromatic carbocycles. The third-order valence-electron chi connectivity index (χ3n) is 4.79. The van der Waals surface area contributed by atoms with E-state index in [-0.39, 0.29) is 5.56 Å². The fourth-order valence-electron chi connectivity index (χ4n) is 3.22. The van der Waals surface area contributed by atoms with E-state index in [1.54, 1.807) is 48.9 Å². The van der Waals surface area contributed by atoms with Crippen molar-refractivity contribution < 1.29 is 14.2 Å². The van der Waals surface area contributed by atoms with Crippen LogP contribution >= 0.6 is 0 Å². The summed E-state index contributed by atoms with van der Waals surface area (Å²) in [6, 6.07) is 15.0. The molecule has 7 nitrogen and oxygen atoms in total. The Morgan fingerprint density at radius 1 is 0.862 bits per heavy atom. The zero-order valence-corrected chi connectivity index (χ0v) is 16.5. The lowest BCUT2D eigenvalue weighted by Gasteiger charge is -2.08. The molecule has 0 N–H and O–H groups in total. The largest absolute Gasteiger partial charge is 0.497 e. The van der Waals surface area contributed by atoms with Gasteiger partial charge in [0, 0.05) is 18.0 Å². The standard InChI is InChI=1S/C22H21N3O4/c1-27-17-7-4-15(5-8-17)14-24-10-11-25-19(22(24)26)13-18(23-25)16-6-9-20(28-2)21(12-16)29-3/h4-13H,14H2,1-3H3. The molecule has 0 radical (unpaired) electrons. The van der Waals surface area contributed by atoms with Crippen molar-refractivity contribution >= 4 is 5.52 Å². The highest BCUT2D eigenvalue weighted by molar-refractivity contribution is 5.68. The Kier molecular flexibility index (Phi) is 4.95. The van der Waals surface area contributed by atoms with Gasteiger partial charge in [-0.05, 0) is 42.0 Å². The van der Waals surface area contributed by atoms with Crippen LogP contribution in [-0.4, -0.2) is 35.5 Å². The van der Waals surface area contributed by atoms with Gasteiger partial charge in [-0.1, -0.05) is 12.1 Å². The summed E-state index contributed by atoms with van der Waals surface area (Å²) in [7, 11) is 4.81. The van der Waals surface area contributed by atoms with Crippen LogP contribution in [0.3, 0.4) is 0 Å². The van der Waals surface area contributed by atoms with E-state index >= 15 is 0 Å². The monoisotopic (exact) mass is 391 g/mol. The minimum absolute atomic E-state index is 0.109. The Morgan fingerprint density at radius 2 is 1.62 bits per heavy atom. The van der Waals surface area contributed by atoms with E-state index in [0.29, 0.717) is 29.3 Å². The van der Waals surface area contributed by atoms with Crippen molar-refractivity contribution in [1.82, 2.24) is 14.2 Å². The number of aromatic nitrogens is 3. The van der Waals surface area contributed by atoms with Gasteiger partial charge in [-0.2, -0.15) is 5.10 Å². The average Bonchev–Trinajstić information content (AvgIpc) is 3.21. The zero-order chi connectivity index (χ0) is 20.4. The Labute approximate surface area is 167 Å². The number of benzene rings is 2. The molecule has 0 unspecified atom stereocenters.